The standard InChI is InChI=1S/C16H18Si.C3H8O3/c1-16(2,3)13-8-7-11-15(12-13)17-14-9-5-4-6-10-14;4-1-3(6)2-5/h4-12H,1-3H3;3-6H,1-2H2. The highest BCUT2D eigenvalue weighted by molar-refractivity contribution is 6.67. The molecule has 23 heavy (non-hydrogen) atoms. The lowest BCUT2D eigenvalue weighted by molar-refractivity contribution is 0.0450. The van der Waals surface area contributed by atoms with Crippen LogP contribution >= 0.6 is 0 Å². The molecule has 2 radical (unpaired) electrons. The molecule has 0 atom stereocenters. The van der Waals surface area contributed by atoms with Gasteiger partial charge in [-0.25, -0.2) is 0 Å². The van der Waals surface area contributed by atoms with E-state index < -0.39 is 6.10 Å². The second kappa shape index (κ2) is 9.63. The third-order valence-electron chi connectivity index (χ3n) is 3.21. The maximum atomic E-state index is 8.17. The molecule has 0 amide bonds. The third-order valence-corrected chi connectivity index (χ3v) is 4.43. The molecule has 4 heteroatoms. The normalized spacial score (nSPS) is 11.1. The van der Waals surface area contributed by atoms with Gasteiger partial charge in [0.25, 0.3) is 0 Å². The average Bonchev–Trinajstić information content (AvgIpc) is 2.55. The summed E-state index contributed by atoms with van der Waals surface area (Å²) in [6.07, 6.45) is -0.954. The molecular formula is C19H26O3Si. The number of aliphatic hydroxyl groups is 3. The van der Waals surface area contributed by atoms with E-state index in [1.807, 2.05) is 0 Å². The van der Waals surface area contributed by atoms with Gasteiger partial charge < -0.3 is 15.3 Å². The summed E-state index contributed by atoms with van der Waals surface area (Å²) in [4.78, 5) is 0. The first-order valence-corrected chi connectivity index (χ1v) is 8.69. The van der Waals surface area contributed by atoms with Gasteiger partial charge in [-0.05, 0) is 11.0 Å². The summed E-state index contributed by atoms with van der Waals surface area (Å²) >= 11 is 0. The van der Waals surface area contributed by atoms with Crippen LogP contribution in [0.5, 0.6) is 0 Å². The van der Waals surface area contributed by atoms with Crippen molar-refractivity contribution in [1.82, 2.24) is 0 Å². The zero-order valence-corrected chi connectivity index (χ0v) is 15.0. The van der Waals surface area contributed by atoms with Crippen LogP contribution < -0.4 is 10.4 Å². The van der Waals surface area contributed by atoms with Crippen LogP contribution in [0.25, 0.3) is 0 Å². The Morgan fingerprint density at radius 3 is 1.91 bits per heavy atom. The molecule has 124 valence electrons. The molecule has 0 saturated carbocycles. The first-order chi connectivity index (χ1) is 10.9. The quantitative estimate of drug-likeness (QED) is 0.732. The van der Waals surface area contributed by atoms with Gasteiger partial charge in [0, 0.05) is 0 Å². The number of aliphatic hydroxyl groups excluding tert-OH is 3. The Morgan fingerprint density at radius 1 is 0.870 bits per heavy atom. The molecule has 0 aliphatic heterocycles. The molecule has 0 saturated heterocycles. The van der Waals surface area contributed by atoms with Crippen molar-refractivity contribution in [3.05, 3.63) is 60.2 Å². The van der Waals surface area contributed by atoms with Crippen LogP contribution in [-0.4, -0.2) is 44.2 Å². The summed E-state index contributed by atoms with van der Waals surface area (Å²) in [5, 5.41) is 26.8. The topological polar surface area (TPSA) is 60.7 Å². The second-order valence-electron chi connectivity index (χ2n) is 6.34. The summed E-state index contributed by atoms with van der Waals surface area (Å²) < 4.78 is 0. The molecule has 3 N–H and O–H groups in total. The Bertz CT molecular complexity index is 560. The number of benzene rings is 2. The minimum Gasteiger partial charge on any atom is -0.394 e. The molecule has 0 aliphatic carbocycles. The van der Waals surface area contributed by atoms with Crippen LogP contribution in [-0.2, 0) is 5.41 Å². The zero-order valence-electron chi connectivity index (χ0n) is 14.0. The second-order valence-corrected chi connectivity index (χ2v) is 7.75. The van der Waals surface area contributed by atoms with Crippen molar-refractivity contribution in [2.75, 3.05) is 13.2 Å². The van der Waals surface area contributed by atoms with Crippen molar-refractivity contribution in [1.29, 1.82) is 0 Å². The van der Waals surface area contributed by atoms with Crippen molar-refractivity contribution in [3.63, 3.8) is 0 Å². The Balaban J connectivity index is 0.000000379. The minimum absolute atomic E-state index is 0.233. The van der Waals surface area contributed by atoms with Crippen LogP contribution in [0, 0.1) is 0 Å². The lowest BCUT2D eigenvalue weighted by Gasteiger charge is -2.19. The van der Waals surface area contributed by atoms with Gasteiger partial charge in [-0.2, -0.15) is 0 Å². The van der Waals surface area contributed by atoms with E-state index in [1.54, 1.807) is 0 Å². The predicted octanol–water partition coefficient (Wildman–Crippen LogP) is 0.971. The molecular weight excluding hydrogens is 304 g/mol. The van der Waals surface area contributed by atoms with Crippen LogP contribution in [0.3, 0.4) is 0 Å². The molecule has 0 bridgehead atoms. The maximum absolute atomic E-state index is 8.17. The number of rotatable bonds is 4. The van der Waals surface area contributed by atoms with Crippen molar-refractivity contribution in [2.45, 2.75) is 32.3 Å². The fourth-order valence-electron chi connectivity index (χ4n) is 1.81. The first kappa shape index (κ1) is 19.6. The monoisotopic (exact) mass is 330 g/mol. The molecule has 0 unspecified atom stereocenters. The molecule has 2 aromatic rings. The van der Waals surface area contributed by atoms with Crippen LogP contribution in [0.15, 0.2) is 54.6 Å². The van der Waals surface area contributed by atoms with E-state index in [2.05, 4.69) is 75.4 Å². The molecule has 2 rings (SSSR count). The van der Waals surface area contributed by atoms with E-state index in [9.17, 15) is 0 Å². The lowest BCUT2D eigenvalue weighted by Crippen LogP contribution is -2.28. The first-order valence-electron chi connectivity index (χ1n) is 7.69. The van der Waals surface area contributed by atoms with Crippen LogP contribution in [0.1, 0.15) is 26.3 Å². The van der Waals surface area contributed by atoms with Gasteiger partial charge in [0.2, 0.25) is 0 Å². The molecule has 0 heterocycles. The highest BCUT2D eigenvalue weighted by atomic mass is 28.2. The molecule has 0 fully saturated rings. The third kappa shape index (κ3) is 7.57. The van der Waals surface area contributed by atoms with Gasteiger partial charge in [0.05, 0.1) is 13.2 Å². The predicted molar refractivity (Wildman–Crippen MR) is 96.8 cm³/mol. The van der Waals surface area contributed by atoms with Crippen LogP contribution in [0.2, 0.25) is 0 Å². The van der Waals surface area contributed by atoms with E-state index in [0.717, 1.165) is 9.52 Å². The minimum atomic E-state index is -0.954. The Hall–Kier alpha value is -1.46. The Kier molecular flexibility index (Phi) is 8.20. The van der Waals surface area contributed by atoms with Crippen molar-refractivity contribution in [3.8, 4) is 0 Å². The summed E-state index contributed by atoms with van der Waals surface area (Å²) in [6, 6.07) is 19.6. The fourth-order valence-corrected chi connectivity index (χ4v) is 2.91. The fraction of sp³-hybridized carbons (Fsp3) is 0.368. The van der Waals surface area contributed by atoms with Gasteiger partial charge in [-0.1, -0.05) is 85.7 Å². The molecule has 2 aromatic carbocycles. The molecule has 0 aromatic heterocycles. The van der Waals surface area contributed by atoms with Gasteiger partial charge in [-0.15, -0.1) is 0 Å². The maximum Gasteiger partial charge on any atom is 0.121 e. The largest absolute Gasteiger partial charge is 0.394 e. The van der Waals surface area contributed by atoms with E-state index >= 15 is 0 Å². The van der Waals surface area contributed by atoms with E-state index in [-0.39, 0.29) is 18.6 Å². The summed E-state index contributed by atoms with van der Waals surface area (Å²) in [5.41, 5.74) is 1.65. The smallest absolute Gasteiger partial charge is 0.121 e. The highest BCUT2D eigenvalue weighted by Crippen LogP contribution is 2.20. The molecule has 0 aliphatic rings. The lowest BCUT2D eigenvalue weighted by atomic mass is 9.87. The highest BCUT2D eigenvalue weighted by Gasteiger charge is 2.13. The summed E-state index contributed by atoms with van der Waals surface area (Å²) in [6.45, 7) is 6.06. The Labute approximate surface area is 141 Å². The van der Waals surface area contributed by atoms with Gasteiger partial charge in [0.15, 0.2) is 0 Å². The van der Waals surface area contributed by atoms with Gasteiger partial charge in [0.1, 0.15) is 15.6 Å². The van der Waals surface area contributed by atoms with Gasteiger partial charge >= 0.3 is 0 Å². The van der Waals surface area contributed by atoms with Gasteiger partial charge in [-0.3, -0.25) is 0 Å². The van der Waals surface area contributed by atoms with E-state index in [1.165, 1.54) is 15.9 Å². The zero-order chi connectivity index (χ0) is 17.3. The number of hydrogen-bond acceptors (Lipinski definition) is 3. The SMILES string of the molecule is CC(C)(C)c1cccc([Si]c2ccccc2)c1.OCC(O)CO. The van der Waals surface area contributed by atoms with Crippen molar-refractivity contribution in [2.24, 2.45) is 0 Å². The average molecular weight is 331 g/mol. The summed E-state index contributed by atoms with van der Waals surface area (Å²) in [7, 11) is 0.752. The summed E-state index contributed by atoms with van der Waals surface area (Å²) in [5.74, 6) is 0. The van der Waals surface area contributed by atoms with Crippen molar-refractivity contribution >= 4 is 19.9 Å². The van der Waals surface area contributed by atoms with Crippen LogP contribution in [0.4, 0.5) is 0 Å². The molecule has 0 spiro atoms. The Morgan fingerprint density at radius 2 is 1.43 bits per heavy atom. The van der Waals surface area contributed by atoms with Crippen molar-refractivity contribution < 1.29 is 15.3 Å². The molecule has 3 nitrogen and oxygen atoms in total. The van der Waals surface area contributed by atoms with E-state index in [4.69, 9.17) is 15.3 Å². The number of hydrogen-bond donors (Lipinski definition) is 3. The van der Waals surface area contributed by atoms with E-state index in [0.29, 0.717) is 0 Å².